The Morgan fingerprint density at radius 3 is 3.12 bits per heavy atom. The van der Waals surface area contributed by atoms with Crippen LogP contribution in [-0.2, 0) is 0 Å². The monoisotopic (exact) mass is 251 g/mol. The van der Waals surface area contributed by atoms with E-state index in [1.54, 1.807) is 11.8 Å². The first-order chi connectivity index (χ1) is 8.38. The van der Waals surface area contributed by atoms with Gasteiger partial charge in [-0.15, -0.1) is 11.8 Å². The van der Waals surface area contributed by atoms with Gasteiger partial charge in [0, 0.05) is 10.9 Å². The average molecular weight is 251 g/mol. The Morgan fingerprint density at radius 2 is 2.35 bits per heavy atom. The number of hydrogen-bond acceptors (Lipinski definition) is 3. The SMILES string of the molecule is CSc1cccc(OCCC2CCCCN2)c1. The minimum Gasteiger partial charge on any atom is -0.493 e. The maximum Gasteiger partial charge on any atom is 0.120 e. The lowest BCUT2D eigenvalue weighted by Crippen LogP contribution is -2.35. The van der Waals surface area contributed by atoms with Crippen LogP contribution in [0.3, 0.4) is 0 Å². The number of benzene rings is 1. The maximum atomic E-state index is 5.80. The number of nitrogens with one attached hydrogen (secondary N) is 1. The van der Waals surface area contributed by atoms with Crippen LogP contribution in [0.2, 0.25) is 0 Å². The quantitative estimate of drug-likeness (QED) is 0.811. The lowest BCUT2D eigenvalue weighted by atomic mass is 10.0. The van der Waals surface area contributed by atoms with E-state index in [4.69, 9.17) is 4.74 Å². The molecule has 3 heteroatoms. The molecule has 1 aromatic carbocycles. The van der Waals surface area contributed by atoms with E-state index < -0.39 is 0 Å². The third kappa shape index (κ3) is 4.25. The van der Waals surface area contributed by atoms with Crippen molar-refractivity contribution in [2.45, 2.75) is 36.6 Å². The van der Waals surface area contributed by atoms with Gasteiger partial charge in [-0.3, -0.25) is 0 Å². The fourth-order valence-corrected chi connectivity index (χ4v) is 2.63. The number of rotatable bonds is 5. The summed E-state index contributed by atoms with van der Waals surface area (Å²) in [5, 5.41) is 3.54. The molecule has 1 saturated heterocycles. The summed E-state index contributed by atoms with van der Waals surface area (Å²) in [4.78, 5) is 1.26. The first kappa shape index (κ1) is 12.8. The van der Waals surface area contributed by atoms with E-state index in [2.05, 4.69) is 29.8 Å². The fraction of sp³-hybridized carbons (Fsp3) is 0.571. The van der Waals surface area contributed by atoms with Crippen molar-refractivity contribution in [3.05, 3.63) is 24.3 Å². The second kappa shape index (κ2) is 6.92. The molecule has 0 spiro atoms. The molecule has 1 fully saturated rings. The summed E-state index contributed by atoms with van der Waals surface area (Å²) < 4.78 is 5.80. The van der Waals surface area contributed by atoms with Crippen molar-refractivity contribution >= 4 is 11.8 Å². The molecule has 94 valence electrons. The molecule has 0 aromatic heterocycles. The van der Waals surface area contributed by atoms with Gasteiger partial charge in [-0.25, -0.2) is 0 Å². The van der Waals surface area contributed by atoms with Gasteiger partial charge in [0.15, 0.2) is 0 Å². The van der Waals surface area contributed by atoms with E-state index in [1.165, 1.54) is 30.7 Å². The fourth-order valence-electron chi connectivity index (χ4n) is 2.18. The third-order valence-corrected chi connectivity index (χ3v) is 3.91. The second-order valence-corrected chi connectivity index (χ2v) is 5.34. The van der Waals surface area contributed by atoms with Gasteiger partial charge in [0.25, 0.3) is 0 Å². The van der Waals surface area contributed by atoms with Crippen LogP contribution in [0.1, 0.15) is 25.7 Å². The molecule has 0 amide bonds. The van der Waals surface area contributed by atoms with E-state index in [0.29, 0.717) is 6.04 Å². The zero-order chi connectivity index (χ0) is 11.9. The second-order valence-electron chi connectivity index (χ2n) is 4.46. The Hall–Kier alpha value is -0.670. The Balaban J connectivity index is 1.73. The van der Waals surface area contributed by atoms with Gasteiger partial charge < -0.3 is 10.1 Å². The highest BCUT2D eigenvalue weighted by Gasteiger charge is 2.11. The van der Waals surface area contributed by atoms with E-state index in [-0.39, 0.29) is 0 Å². The predicted molar refractivity (Wildman–Crippen MR) is 74.0 cm³/mol. The smallest absolute Gasteiger partial charge is 0.120 e. The van der Waals surface area contributed by atoms with Gasteiger partial charge in [0.1, 0.15) is 5.75 Å². The molecule has 0 aliphatic carbocycles. The molecule has 2 nitrogen and oxygen atoms in total. The lowest BCUT2D eigenvalue weighted by molar-refractivity contribution is 0.268. The average Bonchev–Trinajstić information content (AvgIpc) is 2.40. The number of thioether (sulfide) groups is 1. The zero-order valence-electron chi connectivity index (χ0n) is 10.4. The molecule has 1 aromatic rings. The summed E-state index contributed by atoms with van der Waals surface area (Å²) in [7, 11) is 0. The van der Waals surface area contributed by atoms with Crippen molar-refractivity contribution in [3.8, 4) is 5.75 Å². The van der Waals surface area contributed by atoms with E-state index >= 15 is 0 Å². The van der Waals surface area contributed by atoms with Crippen molar-refractivity contribution in [2.24, 2.45) is 0 Å². The van der Waals surface area contributed by atoms with E-state index in [1.807, 2.05) is 6.07 Å². The minimum atomic E-state index is 0.660. The van der Waals surface area contributed by atoms with E-state index in [9.17, 15) is 0 Å². The number of piperidine rings is 1. The maximum absolute atomic E-state index is 5.80. The Labute approximate surface area is 108 Å². The Bertz CT molecular complexity index is 337. The summed E-state index contributed by atoms with van der Waals surface area (Å²) >= 11 is 1.75. The number of ether oxygens (including phenoxy) is 1. The van der Waals surface area contributed by atoms with Crippen LogP contribution < -0.4 is 10.1 Å². The van der Waals surface area contributed by atoms with Crippen molar-refractivity contribution in [1.29, 1.82) is 0 Å². The van der Waals surface area contributed by atoms with Gasteiger partial charge in [-0.2, -0.15) is 0 Å². The highest BCUT2D eigenvalue weighted by Crippen LogP contribution is 2.21. The Kier molecular flexibility index (Phi) is 5.20. The van der Waals surface area contributed by atoms with Crippen LogP contribution in [0.5, 0.6) is 5.75 Å². The van der Waals surface area contributed by atoms with Crippen LogP contribution in [0.25, 0.3) is 0 Å². The normalized spacial score (nSPS) is 20.2. The molecular formula is C14H21NOS. The van der Waals surface area contributed by atoms with Gasteiger partial charge in [0.2, 0.25) is 0 Å². The van der Waals surface area contributed by atoms with Gasteiger partial charge >= 0.3 is 0 Å². The molecule has 1 N–H and O–H groups in total. The largest absolute Gasteiger partial charge is 0.493 e. The highest BCUT2D eigenvalue weighted by atomic mass is 32.2. The van der Waals surface area contributed by atoms with Crippen molar-refractivity contribution in [2.75, 3.05) is 19.4 Å². The molecule has 1 aliphatic heterocycles. The molecule has 0 radical (unpaired) electrons. The van der Waals surface area contributed by atoms with Gasteiger partial charge in [0.05, 0.1) is 6.61 Å². The predicted octanol–water partition coefficient (Wildman–Crippen LogP) is 3.32. The molecule has 0 saturated carbocycles. The van der Waals surface area contributed by atoms with Crippen LogP contribution in [0.15, 0.2) is 29.2 Å². The summed E-state index contributed by atoms with van der Waals surface area (Å²) in [6, 6.07) is 8.97. The van der Waals surface area contributed by atoms with Gasteiger partial charge in [-0.1, -0.05) is 12.5 Å². The third-order valence-electron chi connectivity index (χ3n) is 3.19. The minimum absolute atomic E-state index is 0.660. The number of hydrogen-bond donors (Lipinski definition) is 1. The molecule has 2 rings (SSSR count). The summed E-state index contributed by atoms with van der Waals surface area (Å²) in [5.41, 5.74) is 0. The molecule has 0 bridgehead atoms. The lowest BCUT2D eigenvalue weighted by Gasteiger charge is -2.23. The summed E-state index contributed by atoms with van der Waals surface area (Å²) in [5.74, 6) is 0.993. The molecule has 17 heavy (non-hydrogen) atoms. The van der Waals surface area contributed by atoms with Crippen molar-refractivity contribution in [3.63, 3.8) is 0 Å². The topological polar surface area (TPSA) is 21.3 Å². The van der Waals surface area contributed by atoms with Crippen LogP contribution in [0.4, 0.5) is 0 Å². The van der Waals surface area contributed by atoms with Crippen molar-refractivity contribution < 1.29 is 4.74 Å². The summed E-state index contributed by atoms with van der Waals surface area (Å²) in [6.07, 6.45) is 7.19. The van der Waals surface area contributed by atoms with Gasteiger partial charge in [-0.05, 0) is 50.3 Å². The molecular weight excluding hydrogens is 230 g/mol. The summed E-state index contributed by atoms with van der Waals surface area (Å²) in [6.45, 7) is 1.99. The molecule has 1 aliphatic rings. The standard InChI is InChI=1S/C14H21NOS/c1-17-14-7-4-6-13(11-14)16-10-8-12-5-2-3-9-15-12/h4,6-7,11-12,15H,2-3,5,8-10H2,1H3. The first-order valence-corrected chi connectivity index (χ1v) is 7.61. The van der Waals surface area contributed by atoms with Crippen LogP contribution in [0, 0.1) is 0 Å². The van der Waals surface area contributed by atoms with Crippen LogP contribution >= 0.6 is 11.8 Å². The van der Waals surface area contributed by atoms with E-state index in [0.717, 1.165) is 18.8 Å². The Morgan fingerprint density at radius 1 is 1.41 bits per heavy atom. The first-order valence-electron chi connectivity index (χ1n) is 6.39. The molecule has 1 unspecified atom stereocenters. The van der Waals surface area contributed by atoms with Crippen molar-refractivity contribution in [1.82, 2.24) is 5.32 Å². The van der Waals surface area contributed by atoms with Crippen LogP contribution in [-0.4, -0.2) is 25.4 Å². The zero-order valence-corrected chi connectivity index (χ0v) is 11.3. The highest BCUT2D eigenvalue weighted by molar-refractivity contribution is 7.98. The molecule has 1 atom stereocenters. The molecule has 1 heterocycles.